The molecule has 2 N–H and O–H groups in total. The minimum absolute atomic E-state index is 0.384. The average Bonchev–Trinajstić information content (AvgIpc) is 2.03. The second kappa shape index (κ2) is 4.45. The highest BCUT2D eigenvalue weighted by molar-refractivity contribution is 4.84. The smallest absolute Gasteiger partial charge is 0.00416 e. The van der Waals surface area contributed by atoms with Crippen molar-refractivity contribution in [2.45, 2.75) is 53.0 Å². The number of hydrogen-bond donors (Lipinski definition) is 1. The van der Waals surface area contributed by atoms with Crippen molar-refractivity contribution in [2.75, 3.05) is 0 Å². The topological polar surface area (TPSA) is 26.0 Å². The quantitative estimate of drug-likeness (QED) is 0.699. The van der Waals surface area contributed by atoms with Crippen molar-refractivity contribution in [1.29, 1.82) is 0 Å². The Kier molecular flexibility index (Phi) is 3.78. The highest BCUT2D eigenvalue weighted by Gasteiger charge is 2.32. The van der Waals surface area contributed by atoms with Crippen molar-refractivity contribution >= 4 is 0 Å². The lowest BCUT2D eigenvalue weighted by Gasteiger charge is -2.39. The van der Waals surface area contributed by atoms with Gasteiger partial charge in [0, 0.05) is 6.04 Å². The molecule has 0 spiro atoms. The summed E-state index contributed by atoms with van der Waals surface area (Å²) in [6.45, 7) is 9.23. The third-order valence-corrected chi connectivity index (χ3v) is 3.75. The lowest BCUT2D eigenvalue weighted by molar-refractivity contribution is 0.126. The fraction of sp³-hybridized carbons (Fsp3) is 1.00. The Bertz CT molecular complexity index is 151. The van der Waals surface area contributed by atoms with Crippen molar-refractivity contribution < 1.29 is 0 Å². The Morgan fingerprint density at radius 2 is 1.69 bits per heavy atom. The number of hydrogen-bond acceptors (Lipinski definition) is 1. The molecule has 0 heterocycles. The van der Waals surface area contributed by atoms with E-state index in [-0.39, 0.29) is 0 Å². The molecule has 0 aromatic carbocycles. The van der Waals surface area contributed by atoms with E-state index in [2.05, 4.69) is 27.7 Å². The van der Waals surface area contributed by atoms with E-state index >= 15 is 0 Å². The Morgan fingerprint density at radius 1 is 1.08 bits per heavy atom. The first-order valence-electron chi connectivity index (χ1n) is 5.78. The third-order valence-electron chi connectivity index (χ3n) is 3.75. The summed E-state index contributed by atoms with van der Waals surface area (Å²) in [7, 11) is 0. The molecule has 0 radical (unpaired) electrons. The van der Waals surface area contributed by atoms with Crippen LogP contribution in [0, 0.1) is 23.7 Å². The molecule has 0 aliphatic heterocycles. The van der Waals surface area contributed by atoms with Crippen LogP contribution in [0.15, 0.2) is 0 Å². The maximum absolute atomic E-state index is 6.06. The van der Waals surface area contributed by atoms with Crippen molar-refractivity contribution in [3.05, 3.63) is 0 Å². The molecule has 1 nitrogen and oxygen atoms in total. The molecular weight excluding hydrogens is 158 g/mol. The van der Waals surface area contributed by atoms with Gasteiger partial charge in [0.15, 0.2) is 0 Å². The Morgan fingerprint density at radius 3 is 2.15 bits per heavy atom. The van der Waals surface area contributed by atoms with Crippen molar-refractivity contribution in [3.63, 3.8) is 0 Å². The van der Waals surface area contributed by atoms with E-state index in [1.807, 2.05) is 0 Å². The Hall–Kier alpha value is -0.0400. The van der Waals surface area contributed by atoms with E-state index in [9.17, 15) is 0 Å². The van der Waals surface area contributed by atoms with E-state index in [4.69, 9.17) is 5.73 Å². The van der Waals surface area contributed by atoms with E-state index < -0.39 is 0 Å². The molecule has 1 rings (SSSR count). The van der Waals surface area contributed by atoms with Gasteiger partial charge in [-0.05, 0) is 43.4 Å². The molecule has 0 bridgehead atoms. The summed E-state index contributed by atoms with van der Waals surface area (Å²) >= 11 is 0. The highest BCUT2D eigenvalue weighted by Crippen LogP contribution is 2.39. The monoisotopic (exact) mass is 183 g/mol. The molecule has 0 amide bonds. The summed E-state index contributed by atoms with van der Waals surface area (Å²) < 4.78 is 0. The molecule has 4 unspecified atom stereocenters. The van der Waals surface area contributed by atoms with E-state index in [1.165, 1.54) is 19.3 Å². The highest BCUT2D eigenvalue weighted by atomic mass is 14.6. The molecule has 1 aliphatic carbocycles. The standard InChI is InChI=1S/C12H25N/c1-8(2)11-6-5-9(3)7-12(11)10(4)13/h8-12H,5-7,13H2,1-4H3. The molecule has 1 saturated carbocycles. The van der Waals surface area contributed by atoms with Crippen LogP contribution in [0.25, 0.3) is 0 Å². The fourth-order valence-corrected chi connectivity index (χ4v) is 2.88. The molecule has 1 heteroatoms. The second-order valence-electron chi connectivity index (χ2n) is 5.35. The fourth-order valence-electron chi connectivity index (χ4n) is 2.88. The van der Waals surface area contributed by atoms with Crippen LogP contribution in [0.1, 0.15) is 47.0 Å². The zero-order valence-electron chi connectivity index (χ0n) is 9.59. The first kappa shape index (κ1) is 11.0. The lowest BCUT2D eigenvalue weighted by Crippen LogP contribution is -2.38. The van der Waals surface area contributed by atoms with Gasteiger partial charge in [0.05, 0.1) is 0 Å². The lowest BCUT2D eigenvalue weighted by atomic mass is 9.68. The second-order valence-corrected chi connectivity index (χ2v) is 5.35. The van der Waals surface area contributed by atoms with E-state index in [0.717, 1.165) is 23.7 Å². The zero-order valence-corrected chi connectivity index (χ0v) is 9.59. The summed E-state index contributed by atoms with van der Waals surface area (Å²) in [5, 5.41) is 0. The van der Waals surface area contributed by atoms with Gasteiger partial charge in [0.1, 0.15) is 0 Å². The molecule has 0 aromatic rings. The van der Waals surface area contributed by atoms with Crippen LogP contribution in [0.4, 0.5) is 0 Å². The summed E-state index contributed by atoms with van der Waals surface area (Å²) in [5.74, 6) is 3.34. The summed E-state index contributed by atoms with van der Waals surface area (Å²) in [4.78, 5) is 0. The van der Waals surface area contributed by atoms with E-state index in [1.54, 1.807) is 0 Å². The minimum atomic E-state index is 0.384. The van der Waals surface area contributed by atoms with Gasteiger partial charge in [-0.2, -0.15) is 0 Å². The van der Waals surface area contributed by atoms with Gasteiger partial charge in [-0.15, -0.1) is 0 Å². The largest absolute Gasteiger partial charge is 0.328 e. The summed E-state index contributed by atoms with van der Waals surface area (Å²) in [5.41, 5.74) is 6.06. The number of rotatable bonds is 2. The van der Waals surface area contributed by atoms with Crippen LogP contribution < -0.4 is 5.73 Å². The molecule has 13 heavy (non-hydrogen) atoms. The Balaban J connectivity index is 2.60. The van der Waals surface area contributed by atoms with Crippen LogP contribution in [0.2, 0.25) is 0 Å². The molecule has 0 aromatic heterocycles. The van der Waals surface area contributed by atoms with Crippen molar-refractivity contribution in [1.82, 2.24) is 0 Å². The van der Waals surface area contributed by atoms with Gasteiger partial charge in [0.2, 0.25) is 0 Å². The van der Waals surface area contributed by atoms with Gasteiger partial charge in [-0.3, -0.25) is 0 Å². The van der Waals surface area contributed by atoms with Gasteiger partial charge < -0.3 is 5.73 Å². The van der Waals surface area contributed by atoms with Crippen molar-refractivity contribution in [2.24, 2.45) is 29.4 Å². The average molecular weight is 183 g/mol. The van der Waals surface area contributed by atoms with Gasteiger partial charge >= 0.3 is 0 Å². The molecule has 78 valence electrons. The molecule has 1 fully saturated rings. The van der Waals surface area contributed by atoms with Crippen LogP contribution in [-0.4, -0.2) is 6.04 Å². The molecule has 0 saturated heterocycles. The zero-order chi connectivity index (χ0) is 10.0. The molecule has 1 aliphatic rings. The van der Waals surface area contributed by atoms with Gasteiger partial charge in [0.25, 0.3) is 0 Å². The maximum atomic E-state index is 6.06. The van der Waals surface area contributed by atoms with Gasteiger partial charge in [-0.1, -0.05) is 27.2 Å². The van der Waals surface area contributed by atoms with Crippen molar-refractivity contribution in [3.8, 4) is 0 Å². The molecular formula is C12H25N. The Labute approximate surface area is 83.1 Å². The summed E-state index contributed by atoms with van der Waals surface area (Å²) in [6.07, 6.45) is 4.15. The number of nitrogens with two attached hydrogens (primary N) is 1. The normalized spacial score (nSPS) is 37.8. The van der Waals surface area contributed by atoms with Crippen LogP contribution in [0.5, 0.6) is 0 Å². The summed E-state index contributed by atoms with van der Waals surface area (Å²) in [6, 6.07) is 0.384. The predicted octanol–water partition coefficient (Wildman–Crippen LogP) is 3.04. The third kappa shape index (κ3) is 2.70. The maximum Gasteiger partial charge on any atom is 0.00416 e. The predicted molar refractivity (Wildman–Crippen MR) is 58.5 cm³/mol. The molecule has 4 atom stereocenters. The first-order chi connectivity index (χ1) is 6.02. The minimum Gasteiger partial charge on any atom is -0.328 e. The van der Waals surface area contributed by atoms with Crippen LogP contribution >= 0.6 is 0 Å². The SMILES string of the molecule is CC1CCC(C(C)C)C(C(C)N)C1. The van der Waals surface area contributed by atoms with E-state index in [0.29, 0.717) is 6.04 Å². The van der Waals surface area contributed by atoms with Gasteiger partial charge in [-0.25, -0.2) is 0 Å². The van der Waals surface area contributed by atoms with Crippen LogP contribution in [-0.2, 0) is 0 Å². The van der Waals surface area contributed by atoms with Crippen LogP contribution in [0.3, 0.4) is 0 Å². The first-order valence-corrected chi connectivity index (χ1v) is 5.78.